The average Bonchev–Trinajstić information content (AvgIpc) is 2.25. The van der Waals surface area contributed by atoms with Crippen LogP contribution in [0.4, 0.5) is 0 Å². The second-order valence-electron chi connectivity index (χ2n) is 3.65. The Morgan fingerprint density at radius 3 is 2.73 bits per heavy atom. The Morgan fingerprint density at radius 2 is 2.00 bits per heavy atom. The van der Waals surface area contributed by atoms with Gasteiger partial charge in [0.1, 0.15) is 5.75 Å². The van der Waals surface area contributed by atoms with E-state index in [1.54, 1.807) is 12.3 Å². The van der Waals surface area contributed by atoms with Crippen molar-refractivity contribution < 1.29 is 5.11 Å². The highest BCUT2D eigenvalue weighted by Crippen LogP contribution is 2.12. The van der Waals surface area contributed by atoms with Crippen LogP contribution >= 0.6 is 0 Å². The molecule has 0 aliphatic carbocycles. The molecule has 0 spiro atoms. The van der Waals surface area contributed by atoms with Crippen LogP contribution in [0.5, 0.6) is 5.75 Å². The SMILES string of the molecule is CCCCCC/N=C/c1ccccc1O. The minimum atomic E-state index is 0.301. The first-order valence-electron chi connectivity index (χ1n) is 5.62. The van der Waals surface area contributed by atoms with Crippen molar-refractivity contribution in [1.82, 2.24) is 0 Å². The van der Waals surface area contributed by atoms with Gasteiger partial charge < -0.3 is 5.11 Å². The number of phenolic OH excluding ortho intramolecular Hbond substituents is 1. The van der Waals surface area contributed by atoms with Crippen LogP contribution in [0.15, 0.2) is 29.3 Å². The van der Waals surface area contributed by atoms with E-state index in [2.05, 4.69) is 11.9 Å². The van der Waals surface area contributed by atoms with Crippen molar-refractivity contribution in [3.8, 4) is 5.75 Å². The van der Waals surface area contributed by atoms with Crippen molar-refractivity contribution >= 4 is 6.21 Å². The van der Waals surface area contributed by atoms with E-state index in [-0.39, 0.29) is 0 Å². The highest BCUT2D eigenvalue weighted by molar-refractivity contribution is 5.83. The molecule has 1 N–H and O–H groups in total. The van der Waals surface area contributed by atoms with Crippen LogP contribution in [0, 0.1) is 0 Å². The van der Waals surface area contributed by atoms with Crippen molar-refractivity contribution in [2.45, 2.75) is 32.6 Å². The number of nitrogens with zero attached hydrogens (tertiary/aromatic N) is 1. The third kappa shape index (κ3) is 4.63. The molecule has 0 radical (unpaired) electrons. The van der Waals surface area contributed by atoms with Crippen LogP contribution in [-0.2, 0) is 0 Å². The van der Waals surface area contributed by atoms with Crippen LogP contribution in [0.2, 0.25) is 0 Å². The van der Waals surface area contributed by atoms with Crippen LogP contribution in [-0.4, -0.2) is 17.9 Å². The van der Waals surface area contributed by atoms with E-state index < -0.39 is 0 Å². The van der Waals surface area contributed by atoms with Crippen molar-refractivity contribution in [3.63, 3.8) is 0 Å². The van der Waals surface area contributed by atoms with E-state index >= 15 is 0 Å². The van der Waals surface area contributed by atoms with Crippen LogP contribution in [0.3, 0.4) is 0 Å². The van der Waals surface area contributed by atoms with E-state index in [1.807, 2.05) is 18.2 Å². The summed E-state index contributed by atoms with van der Waals surface area (Å²) in [6, 6.07) is 7.26. The lowest BCUT2D eigenvalue weighted by atomic mass is 10.2. The molecule has 0 saturated carbocycles. The predicted octanol–water partition coefficient (Wildman–Crippen LogP) is 3.39. The molecule has 82 valence electrons. The molecule has 0 saturated heterocycles. The van der Waals surface area contributed by atoms with E-state index in [0.29, 0.717) is 5.75 Å². The number of benzene rings is 1. The van der Waals surface area contributed by atoms with Crippen molar-refractivity contribution in [2.24, 2.45) is 4.99 Å². The second kappa shape index (κ2) is 7.04. The second-order valence-corrected chi connectivity index (χ2v) is 3.65. The van der Waals surface area contributed by atoms with E-state index in [0.717, 1.165) is 18.5 Å². The van der Waals surface area contributed by atoms with Gasteiger partial charge in [-0.15, -0.1) is 0 Å². The Morgan fingerprint density at radius 1 is 1.20 bits per heavy atom. The number of aliphatic imine (C=N–C) groups is 1. The summed E-state index contributed by atoms with van der Waals surface area (Å²) in [6.07, 6.45) is 6.67. The fraction of sp³-hybridized carbons (Fsp3) is 0.462. The molecule has 0 aliphatic rings. The third-order valence-electron chi connectivity index (χ3n) is 2.31. The largest absolute Gasteiger partial charge is 0.507 e. The zero-order valence-corrected chi connectivity index (χ0v) is 9.32. The first-order chi connectivity index (χ1) is 7.34. The molecule has 0 fully saturated rings. The summed E-state index contributed by atoms with van der Waals surface area (Å²) in [6.45, 7) is 3.06. The Kier molecular flexibility index (Phi) is 5.52. The zero-order valence-electron chi connectivity index (χ0n) is 9.32. The van der Waals surface area contributed by atoms with Gasteiger partial charge in [0.05, 0.1) is 0 Å². The molecule has 2 nitrogen and oxygen atoms in total. The smallest absolute Gasteiger partial charge is 0.124 e. The van der Waals surface area contributed by atoms with Crippen LogP contribution < -0.4 is 0 Å². The zero-order chi connectivity index (χ0) is 10.9. The van der Waals surface area contributed by atoms with Crippen molar-refractivity contribution in [3.05, 3.63) is 29.8 Å². The van der Waals surface area contributed by atoms with Crippen molar-refractivity contribution in [2.75, 3.05) is 6.54 Å². The summed E-state index contributed by atoms with van der Waals surface area (Å²) in [4.78, 5) is 4.29. The molecule has 1 aromatic carbocycles. The lowest BCUT2D eigenvalue weighted by molar-refractivity contribution is 0.474. The maximum absolute atomic E-state index is 9.46. The minimum Gasteiger partial charge on any atom is -0.507 e. The molecule has 0 aromatic heterocycles. The van der Waals surface area contributed by atoms with Gasteiger partial charge in [-0.1, -0.05) is 38.3 Å². The third-order valence-corrected chi connectivity index (χ3v) is 2.31. The van der Waals surface area contributed by atoms with Gasteiger partial charge >= 0.3 is 0 Å². The van der Waals surface area contributed by atoms with Gasteiger partial charge in [0, 0.05) is 18.3 Å². The quantitative estimate of drug-likeness (QED) is 0.560. The minimum absolute atomic E-state index is 0.301. The molecule has 0 atom stereocenters. The van der Waals surface area contributed by atoms with E-state index in [1.165, 1.54) is 19.3 Å². The maximum Gasteiger partial charge on any atom is 0.124 e. The first kappa shape index (κ1) is 11.8. The lowest BCUT2D eigenvalue weighted by Crippen LogP contribution is -1.86. The summed E-state index contributed by atoms with van der Waals surface area (Å²) in [7, 11) is 0. The van der Waals surface area contributed by atoms with Gasteiger partial charge in [0.15, 0.2) is 0 Å². The monoisotopic (exact) mass is 205 g/mol. The normalized spacial score (nSPS) is 11.0. The van der Waals surface area contributed by atoms with Crippen LogP contribution in [0.25, 0.3) is 0 Å². The number of para-hydroxylation sites is 1. The number of hydrogen-bond donors (Lipinski definition) is 1. The number of phenols is 1. The Bertz CT molecular complexity index is 307. The molecule has 0 aliphatic heterocycles. The maximum atomic E-state index is 9.46. The molecular weight excluding hydrogens is 186 g/mol. The summed E-state index contributed by atoms with van der Waals surface area (Å²) >= 11 is 0. The highest BCUT2D eigenvalue weighted by atomic mass is 16.3. The molecule has 1 rings (SSSR count). The molecule has 0 unspecified atom stereocenters. The van der Waals surface area contributed by atoms with Gasteiger partial charge in [-0.25, -0.2) is 0 Å². The number of unbranched alkanes of at least 4 members (excludes halogenated alkanes) is 3. The van der Waals surface area contributed by atoms with Crippen LogP contribution in [0.1, 0.15) is 38.2 Å². The molecule has 1 aromatic rings. The van der Waals surface area contributed by atoms with E-state index in [9.17, 15) is 5.11 Å². The summed E-state index contributed by atoms with van der Waals surface area (Å²) in [5, 5.41) is 9.46. The Balaban J connectivity index is 2.29. The van der Waals surface area contributed by atoms with E-state index in [4.69, 9.17) is 0 Å². The predicted molar refractivity (Wildman–Crippen MR) is 64.7 cm³/mol. The fourth-order valence-corrected chi connectivity index (χ4v) is 1.39. The molecule has 0 bridgehead atoms. The van der Waals surface area contributed by atoms with Gasteiger partial charge in [-0.05, 0) is 18.6 Å². The van der Waals surface area contributed by atoms with Gasteiger partial charge in [-0.3, -0.25) is 4.99 Å². The summed E-state index contributed by atoms with van der Waals surface area (Å²) in [5.41, 5.74) is 0.799. The molecule has 0 amide bonds. The molecule has 0 heterocycles. The Labute approximate surface area is 91.7 Å². The average molecular weight is 205 g/mol. The summed E-state index contributed by atoms with van der Waals surface area (Å²) < 4.78 is 0. The highest BCUT2D eigenvalue weighted by Gasteiger charge is 1.93. The first-order valence-corrected chi connectivity index (χ1v) is 5.62. The molecule has 2 heteroatoms. The molecule has 15 heavy (non-hydrogen) atoms. The van der Waals surface area contributed by atoms with Gasteiger partial charge in [-0.2, -0.15) is 0 Å². The number of aromatic hydroxyl groups is 1. The number of rotatable bonds is 6. The molecular formula is C13H19NO. The summed E-state index contributed by atoms with van der Waals surface area (Å²) in [5.74, 6) is 0.301. The fourth-order valence-electron chi connectivity index (χ4n) is 1.39. The topological polar surface area (TPSA) is 32.6 Å². The Hall–Kier alpha value is -1.31. The standard InChI is InChI=1S/C13H19NO/c1-2-3-4-7-10-14-11-12-8-5-6-9-13(12)15/h5-6,8-9,11,15H,2-4,7,10H2,1H3/b14-11+. The number of hydrogen-bond acceptors (Lipinski definition) is 2. The lowest BCUT2D eigenvalue weighted by Gasteiger charge is -1.97. The van der Waals surface area contributed by atoms with Gasteiger partial charge in [0.2, 0.25) is 0 Å². The van der Waals surface area contributed by atoms with Gasteiger partial charge in [0.25, 0.3) is 0 Å². The van der Waals surface area contributed by atoms with Crippen molar-refractivity contribution in [1.29, 1.82) is 0 Å².